The molecule has 0 radical (unpaired) electrons. The molecule has 0 unspecified atom stereocenters. The smallest absolute Gasteiger partial charge is 0.408 e. The lowest BCUT2D eigenvalue weighted by atomic mass is 9.83. The number of unbranched alkanes of at least 4 members (excludes halogenated alkanes) is 1. The monoisotopic (exact) mass is 510 g/mol. The van der Waals surface area contributed by atoms with Gasteiger partial charge in [0.15, 0.2) is 6.10 Å². The number of alkyl carbamates (subject to hydrolysis) is 1. The Balaban J connectivity index is 1.76. The van der Waals surface area contributed by atoms with Crippen LogP contribution < -0.4 is 10.6 Å². The lowest BCUT2D eigenvalue weighted by Crippen LogP contribution is -2.46. The summed E-state index contributed by atoms with van der Waals surface area (Å²) in [6.07, 6.45) is 2.02. The van der Waals surface area contributed by atoms with Gasteiger partial charge >= 0.3 is 6.09 Å². The molecule has 0 saturated heterocycles. The van der Waals surface area contributed by atoms with Gasteiger partial charge < -0.3 is 19.8 Å². The number of H-pyrrole nitrogens is 1. The highest BCUT2D eigenvalue weighted by molar-refractivity contribution is 6.42. The van der Waals surface area contributed by atoms with E-state index in [9.17, 15) is 14.4 Å². The molecule has 37 heavy (non-hydrogen) atoms. The maximum absolute atomic E-state index is 13.0. The Kier molecular flexibility index (Phi) is 9.15. The van der Waals surface area contributed by atoms with Crippen LogP contribution in [-0.4, -0.2) is 44.2 Å². The van der Waals surface area contributed by atoms with E-state index < -0.39 is 35.3 Å². The molecule has 3 N–H and O–H groups in total. The molecule has 0 aliphatic carbocycles. The molecule has 3 aromatic rings. The van der Waals surface area contributed by atoms with Gasteiger partial charge in [0.05, 0.1) is 6.20 Å². The number of ketones is 1. The van der Waals surface area contributed by atoms with Crippen LogP contribution in [0.3, 0.4) is 0 Å². The summed E-state index contributed by atoms with van der Waals surface area (Å²) in [5, 5.41) is 19.6. The zero-order valence-electron chi connectivity index (χ0n) is 21.8. The van der Waals surface area contributed by atoms with Gasteiger partial charge in [-0.25, -0.2) is 4.79 Å². The van der Waals surface area contributed by atoms with E-state index in [2.05, 4.69) is 31.0 Å². The van der Waals surface area contributed by atoms with Gasteiger partial charge in [0.1, 0.15) is 11.9 Å². The fourth-order valence-corrected chi connectivity index (χ4v) is 3.51. The number of carbonyl (C=O) groups is 3. The van der Waals surface area contributed by atoms with Crippen molar-refractivity contribution in [1.29, 1.82) is 0 Å². The average Bonchev–Trinajstić information content (AvgIpc) is 3.57. The van der Waals surface area contributed by atoms with Crippen LogP contribution in [0.2, 0.25) is 0 Å². The maximum Gasteiger partial charge on any atom is 0.408 e. The molecular weight excluding hydrogens is 476 g/mol. The summed E-state index contributed by atoms with van der Waals surface area (Å²) in [5.74, 6) is -0.921. The van der Waals surface area contributed by atoms with Gasteiger partial charge in [-0.1, -0.05) is 58.2 Å². The number of aryl methyl sites for hydroxylation is 1. The molecule has 11 nitrogen and oxygen atoms in total. The van der Waals surface area contributed by atoms with Crippen LogP contribution in [0.5, 0.6) is 0 Å². The Morgan fingerprint density at radius 1 is 1.11 bits per heavy atom. The topological polar surface area (TPSA) is 152 Å². The molecule has 1 aromatic carbocycles. The van der Waals surface area contributed by atoms with E-state index in [4.69, 9.17) is 9.15 Å². The van der Waals surface area contributed by atoms with Crippen LogP contribution in [0, 0.1) is 12.3 Å². The number of ether oxygens (including phenoxy) is 1. The van der Waals surface area contributed by atoms with Crippen molar-refractivity contribution in [2.75, 3.05) is 5.32 Å². The number of amides is 2. The summed E-state index contributed by atoms with van der Waals surface area (Å²) in [7, 11) is 0. The first-order valence-electron chi connectivity index (χ1n) is 12.4. The Labute approximate surface area is 215 Å². The minimum atomic E-state index is -1.06. The highest BCUT2D eigenvalue weighted by atomic mass is 16.6. The molecule has 0 bridgehead atoms. The fourth-order valence-electron chi connectivity index (χ4n) is 3.51. The number of benzene rings is 1. The van der Waals surface area contributed by atoms with Crippen LogP contribution in [0.15, 0.2) is 40.9 Å². The average molecular weight is 511 g/mol. The van der Waals surface area contributed by atoms with Gasteiger partial charge in [-0.2, -0.15) is 5.10 Å². The second-order valence-electron chi connectivity index (χ2n) is 9.57. The molecule has 198 valence electrons. The van der Waals surface area contributed by atoms with Crippen LogP contribution in [0.4, 0.5) is 10.6 Å². The number of nitrogens with one attached hydrogen (secondary N) is 3. The van der Waals surface area contributed by atoms with Crippen LogP contribution in [0.1, 0.15) is 70.9 Å². The van der Waals surface area contributed by atoms with E-state index in [0.717, 1.165) is 17.5 Å². The van der Waals surface area contributed by atoms with E-state index in [1.54, 1.807) is 0 Å². The normalized spacial score (nSPS) is 13.0. The number of anilines is 1. The summed E-state index contributed by atoms with van der Waals surface area (Å²) >= 11 is 0. The number of hydrogen-bond donors (Lipinski definition) is 3. The number of rotatable bonds is 12. The van der Waals surface area contributed by atoms with Gasteiger partial charge in [-0.3, -0.25) is 14.7 Å². The van der Waals surface area contributed by atoms with Crippen molar-refractivity contribution in [3.8, 4) is 11.5 Å². The number of nitrogens with zero attached hydrogens (tertiary/aromatic N) is 3. The van der Waals surface area contributed by atoms with Crippen molar-refractivity contribution < 1.29 is 23.5 Å². The zero-order valence-corrected chi connectivity index (χ0v) is 21.8. The first-order chi connectivity index (χ1) is 17.6. The van der Waals surface area contributed by atoms with Gasteiger partial charge in [0.25, 0.3) is 11.8 Å². The highest BCUT2D eigenvalue weighted by Gasteiger charge is 2.38. The first-order valence-corrected chi connectivity index (χ1v) is 12.4. The second-order valence-corrected chi connectivity index (χ2v) is 9.57. The van der Waals surface area contributed by atoms with Gasteiger partial charge in [-0.15, -0.1) is 10.2 Å². The molecule has 2 atom stereocenters. The van der Waals surface area contributed by atoms with E-state index in [-0.39, 0.29) is 18.1 Å². The molecule has 2 heterocycles. The van der Waals surface area contributed by atoms with Crippen molar-refractivity contribution in [3.05, 3.63) is 48.0 Å². The zero-order chi connectivity index (χ0) is 27.0. The molecule has 0 saturated carbocycles. The predicted octanol–water partition coefficient (Wildman–Crippen LogP) is 4.74. The van der Waals surface area contributed by atoms with Gasteiger partial charge in [0.2, 0.25) is 11.7 Å². The van der Waals surface area contributed by atoms with Crippen molar-refractivity contribution in [1.82, 2.24) is 25.7 Å². The third-order valence-electron chi connectivity index (χ3n) is 6.24. The summed E-state index contributed by atoms with van der Waals surface area (Å²) in [6, 6.07) is 8.07. The standard InChI is InChI=1S/C26H34N6O5/c1-6-8-9-18(20(33)22(34)29-19-14-15-27-30-19)28-25(35)36-21(26(4,5)7-2)24-32-31-23(37-24)17-12-10-16(3)11-13-17/h10-15,18,21H,6-9H2,1-5H3,(H,28,35)(H2,27,29,30,34)/t18-,21-/m0/s1. The Bertz CT molecular complexity index is 1190. The minimum absolute atomic E-state index is 0.144. The van der Waals surface area contributed by atoms with E-state index >= 15 is 0 Å². The Morgan fingerprint density at radius 3 is 2.46 bits per heavy atom. The van der Waals surface area contributed by atoms with Crippen molar-refractivity contribution in [2.45, 2.75) is 72.4 Å². The molecule has 11 heteroatoms. The predicted molar refractivity (Wildman–Crippen MR) is 136 cm³/mol. The lowest BCUT2D eigenvalue weighted by molar-refractivity contribution is -0.136. The van der Waals surface area contributed by atoms with Crippen molar-refractivity contribution in [3.63, 3.8) is 0 Å². The largest absolute Gasteiger partial charge is 0.436 e. The molecule has 2 aromatic heterocycles. The number of aromatic nitrogens is 4. The van der Waals surface area contributed by atoms with Crippen LogP contribution >= 0.6 is 0 Å². The SMILES string of the molecule is CCCC[C@H](NC(=O)O[C@@H](c1nnc(-c2ccc(C)cc2)o1)C(C)(C)CC)C(=O)C(=O)Nc1ccn[nH]1. The molecule has 0 aliphatic heterocycles. The van der Waals surface area contributed by atoms with E-state index in [1.165, 1.54) is 12.3 Å². The third-order valence-corrected chi connectivity index (χ3v) is 6.24. The molecule has 0 fully saturated rings. The minimum Gasteiger partial charge on any atom is -0.436 e. The van der Waals surface area contributed by atoms with Crippen LogP contribution in [-0.2, 0) is 14.3 Å². The highest BCUT2D eigenvalue weighted by Crippen LogP contribution is 2.39. The molecular formula is C26H34N6O5. The Morgan fingerprint density at radius 2 is 1.84 bits per heavy atom. The number of hydrogen-bond acceptors (Lipinski definition) is 8. The lowest BCUT2D eigenvalue weighted by Gasteiger charge is -2.30. The number of Topliss-reactive ketones (excluding diaryl/α,β-unsaturated/α-hetero) is 1. The molecule has 0 aliphatic rings. The van der Waals surface area contributed by atoms with E-state index in [0.29, 0.717) is 18.7 Å². The summed E-state index contributed by atoms with van der Waals surface area (Å²) in [4.78, 5) is 38.3. The third kappa shape index (κ3) is 7.25. The Hall–Kier alpha value is -4.02. The van der Waals surface area contributed by atoms with Gasteiger partial charge in [-0.05, 0) is 31.9 Å². The van der Waals surface area contributed by atoms with Crippen molar-refractivity contribution in [2.24, 2.45) is 5.41 Å². The number of aromatic amines is 1. The number of carbonyl (C=O) groups excluding carboxylic acids is 3. The first kappa shape index (κ1) is 27.6. The van der Waals surface area contributed by atoms with Gasteiger partial charge in [0, 0.05) is 17.0 Å². The fraction of sp³-hybridized carbons (Fsp3) is 0.462. The van der Waals surface area contributed by atoms with E-state index in [1.807, 2.05) is 58.9 Å². The summed E-state index contributed by atoms with van der Waals surface area (Å²) < 4.78 is 11.7. The molecule has 2 amide bonds. The molecule has 0 spiro atoms. The van der Waals surface area contributed by atoms with Crippen molar-refractivity contribution >= 4 is 23.6 Å². The molecule has 3 rings (SSSR count). The van der Waals surface area contributed by atoms with Crippen LogP contribution in [0.25, 0.3) is 11.5 Å². The maximum atomic E-state index is 13.0. The summed E-state index contributed by atoms with van der Waals surface area (Å²) in [6.45, 7) is 9.72. The summed E-state index contributed by atoms with van der Waals surface area (Å²) in [5.41, 5.74) is 1.28. The quantitative estimate of drug-likeness (QED) is 0.296. The second kappa shape index (κ2) is 12.3.